The molecule has 1 rings (SSSR count). The molecule has 0 heterocycles. The molecule has 226 valence electrons. The summed E-state index contributed by atoms with van der Waals surface area (Å²) in [7, 11) is 0. The molecule has 0 fully saturated rings. The Kier molecular flexibility index (Phi) is 18.4. The number of nitrogen functional groups attached to an aromatic ring is 1. The maximum atomic E-state index is 13.0. The van der Waals surface area contributed by atoms with Gasteiger partial charge in [0.25, 0.3) is 11.8 Å². The zero-order chi connectivity index (χ0) is 30.2. The van der Waals surface area contributed by atoms with Gasteiger partial charge in [-0.25, -0.2) is 0 Å². The van der Waals surface area contributed by atoms with Gasteiger partial charge >= 0.3 is 0 Å². The molecule has 0 aliphatic heterocycles. The molecule has 0 aliphatic rings. The van der Waals surface area contributed by atoms with E-state index >= 15 is 0 Å². The van der Waals surface area contributed by atoms with Crippen molar-refractivity contribution in [1.29, 1.82) is 0 Å². The summed E-state index contributed by atoms with van der Waals surface area (Å²) in [5.74, 6) is -1.44. The predicted molar refractivity (Wildman–Crippen MR) is 181 cm³/mol. The molecular formula is C24H40I3N9O4. The molecule has 0 bridgehead atoms. The number of nitrogens with one attached hydrogen (secondary N) is 4. The van der Waals surface area contributed by atoms with E-state index in [1.807, 2.05) is 67.8 Å². The summed E-state index contributed by atoms with van der Waals surface area (Å²) in [6.45, 7) is 1.80. The van der Waals surface area contributed by atoms with Crippen molar-refractivity contribution in [2.45, 2.75) is 50.6 Å². The topological polar surface area (TPSA) is 247 Å². The highest BCUT2D eigenvalue weighted by atomic mass is 127. The monoisotopic (exact) mass is 899 g/mol. The van der Waals surface area contributed by atoms with Gasteiger partial charge in [-0.1, -0.05) is 12.8 Å². The first-order chi connectivity index (χ1) is 19.0. The molecule has 0 radical (unpaired) electrons. The highest BCUT2D eigenvalue weighted by Crippen LogP contribution is 2.33. The Morgan fingerprint density at radius 2 is 0.950 bits per heavy atom. The van der Waals surface area contributed by atoms with Crippen molar-refractivity contribution in [3.63, 3.8) is 0 Å². The Hall–Kier alpha value is -1.07. The second kappa shape index (κ2) is 19.9. The van der Waals surface area contributed by atoms with Crippen LogP contribution in [0.1, 0.15) is 59.2 Å². The van der Waals surface area contributed by atoms with Crippen LogP contribution < -0.4 is 49.9 Å². The zero-order valence-corrected chi connectivity index (χ0v) is 28.8. The summed E-state index contributed by atoms with van der Waals surface area (Å²) < 4.78 is 1.47. The Bertz CT molecular complexity index is 955. The molecule has 13 nitrogen and oxygen atoms in total. The third kappa shape index (κ3) is 12.0. The smallest absolute Gasteiger partial charge is 0.253 e. The van der Waals surface area contributed by atoms with Crippen molar-refractivity contribution in [3.05, 3.63) is 21.8 Å². The van der Waals surface area contributed by atoms with Gasteiger partial charge < -0.3 is 49.9 Å². The molecular weight excluding hydrogens is 859 g/mol. The van der Waals surface area contributed by atoms with Crippen LogP contribution >= 0.6 is 67.8 Å². The molecule has 40 heavy (non-hydrogen) atoms. The molecule has 0 saturated heterocycles. The molecule has 2 atom stereocenters. The molecule has 1 aromatic rings. The SMILES string of the molecule is NCCCCC(N)C(=O)NCCNC(=O)c1c(I)c(N)c(I)c(C(=O)NCCNC(=O)C(N)CCCCN)c1I. The number of hydrogen-bond acceptors (Lipinski definition) is 9. The minimum Gasteiger partial charge on any atom is -0.397 e. The summed E-state index contributed by atoms with van der Waals surface area (Å²) in [5, 5.41) is 10.9. The van der Waals surface area contributed by atoms with E-state index in [9.17, 15) is 19.2 Å². The summed E-state index contributed by atoms with van der Waals surface area (Å²) in [4.78, 5) is 50.3. The van der Waals surface area contributed by atoms with E-state index in [2.05, 4.69) is 21.3 Å². The van der Waals surface area contributed by atoms with Crippen molar-refractivity contribution >= 4 is 97.1 Å². The van der Waals surface area contributed by atoms with Gasteiger partial charge in [0.2, 0.25) is 11.8 Å². The first-order valence-corrected chi connectivity index (χ1v) is 16.2. The van der Waals surface area contributed by atoms with Crippen LogP contribution in [0.25, 0.3) is 0 Å². The van der Waals surface area contributed by atoms with Crippen LogP contribution in [0.3, 0.4) is 0 Å². The van der Waals surface area contributed by atoms with E-state index in [0.717, 1.165) is 25.7 Å². The molecule has 0 aromatic heterocycles. The zero-order valence-electron chi connectivity index (χ0n) is 22.3. The maximum absolute atomic E-state index is 13.0. The van der Waals surface area contributed by atoms with Crippen LogP contribution in [-0.4, -0.2) is 75.0 Å². The van der Waals surface area contributed by atoms with Gasteiger partial charge in [0.15, 0.2) is 0 Å². The molecule has 1 aromatic carbocycles. The van der Waals surface area contributed by atoms with Gasteiger partial charge in [0, 0.05) is 29.7 Å². The summed E-state index contributed by atoms with van der Waals surface area (Å²) in [6.07, 6.45) is 4.20. The molecule has 16 heteroatoms. The lowest BCUT2D eigenvalue weighted by Crippen LogP contribution is -2.44. The highest BCUT2D eigenvalue weighted by Gasteiger charge is 2.26. The predicted octanol–water partition coefficient (Wildman–Crippen LogP) is -0.313. The highest BCUT2D eigenvalue weighted by molar-refractivity contribution is 14.1. The van der Waals surface area contributed by atoms with E-state index in [1.54, 1.807) is 0 Å². The summed E-state index contributed by atoms with van der Waals surface area (Å²) in [6, 6.07) is -1.26. The van der Waals surface area contributed by atoms with E-state index in [1.165, 1.54) is 0 Å². The summed E-state index contributed by atoms with van der Waals surface area (Å²) >= 11 is 5.91. The fraction of sp³-hybridized carbons (Fsp3) is 0.583. The summed E-state index contributed by atoms with van der Waals surface area (Å²) in [5.41, 5.74) is 29.8. The van der Waals surface area contributed by atoms with E-state index in [-0.39, 0.29) is 49.1 Å². The lowest BCUT2D eigenvalue weighted by atomic mass is 10.1. The molecule has 0 spiro atoms. The average molecular weight is 899 g/mol. The van der Waals surface area contributed by atoms with Crippen LogP contribution in [0.15, 0.2) is 0 Å². The average Bonchev–Trinajstić information content (AvgIpc) is 2.92. The Morgan fingerprint density at radius 3 is 1.30 bits per heavy atom. The largest absolute Gasteiger partial charge is 0.397 e. The van der Waals surface area contributed by atoms with Crippen LogP contribution in [0, 0.1) is 10.7 Å². The van der Waals surface area contributed by atoms with Crippen molar-refractivity contribution in [1.82, 2.24) is 21.3 Å². The first-order valence-electron chi connectivity index (χ1n) is 13.0. The van der Waals surface area contributed by atoms with Crippen molar-refractivity contribution in [3.8, 4) is 0 Å². The van der Waals surface area contributed by atoms with Crippen molar-refractivity contribution in [2.75, 3.05) is 45.0 Å². The van der Waals surface area contributed by atoms with Crippen molar-refractivity contribution < 1.29 is 19.2 Å². The second-order valence-corrected chi connectivity index (χ2v) is 12.2. The normalized spacial score (nSPS) is 12.4. The molecule has 2 unspecified atom stereocenters. The van der Waals surface area contributed by atoms with Gasteiger partial charge in [0.1, 0.15) is 0 Å². The number of benzene rings is 1. The molecule has 4 amide bonds. The first kappa shape index (κ1) is 37.0. The number of carbonyl (C=O) groups excluding carboxylic acids is 4. The number of unbranched alkanes of at least 4 members (excludes halogenated alkanes) is 2. The van der Waals surface area contributed by atoms with Gasteiger partial charge in [-0.05, 0) is 107 Å². The number of carbonyl (C=O) groups is 4. The van der Waals surface area contributed by atoms with E-state index in [4.69, 9.17) is 28.7 Å². The van der Waals surface area contributed by atoms with E-state index < -0.39 is 23.9 Å². The number of hydrogen-bond donors (Lipinski definition) is 9. The number of halogens is 3. The second-order valence-electron chi connectivity index (χ2n) is 8.98. The Labute approximate surface area is 275 Å². The third-order valence-corrected chi connectivity index (χ3v) is 9.16. The Balaban J connectivity index is 2.73. The van der Waals surface area contributed by atoms with E-state index in [0.29, 0.717) is 42.3 Å². The molecule has 0 saturated carbocycles. The van der Waals surface area contributed by atoms with Gasteiger partial charge in [-0.3, -0.25) is 19.2 Å². The lowest BCUT2D eigenvalue weighted by Gasteiger charge is -2.18. The minimum atomic E-state index is -0.632. The lowest BCUT2D eigenvalue weighted by molar-refractivity contribution is -0.123. The van der Waals surface area contributed by atoms with Crippen LogP contribution in [-0.2, 0) is 9.59 Å². The van der Waals surface area contributed by atoms with Gasteiger partial charge in [-0.15, -0.1) is 0 Å². The fourth-order valence-corrected chi connectivity index (χ4v) is 7.67. The minimum absolute atomic E-state index is 0.160. The molecule has 14 N–H and O–H groups in total. The van der Waals surface area contributed by atoms with Crippen LogP contribution in [0.4, 0.5) is 5.69 Å². The number of amides is 4. The number of rotatable bonds is 18. The van der Waals surface area contributed by atoms with Crippen LogP contribution in [0.5, 0.6) is 0 Å². The Morgan fingerprint density at radius 1 is 0.600 bits per heavy atom. The maximum Gasteiger partial charge on any atom is 0.253 e. The fourth-order valence-electron chi connectivity index (χ4n) is 3.52. The van der Waals surface area contributed by atoms with Crippen molar-refractivity contribution in [2.24, 2.45) is 22.9 Å². The quantitative estimate of drug-likeness (QED) is 0.0532. The van der Waals surface area contributed by atoms with Gasteiger partial charge in [0.05, 0.1) is 36.0 Å². The molecule has 0 aliphatic carbocycles. The van der Waals surface area contributed by atoms with Crippen LogP contribution in [0.2, 0.25) is 0 Å². The standard InChI is InChI=1S/C24H40I3N9O4/c25-17-15(23(39)35-11-9-33-21(37)13(30)5-1-3-7-28)18(26)20(32)19(27)16(17)24(40)36-12-10-34-22(38)14(31)6-2-4-8-29/h13-14H,1-12,28-32H2,(H,33,37)(H,34,38)(H,35,39)(H,36,40). The van der Waals surface area contributed by atoms with Gasteiger partial charge in [-0.2, -0.15) is 0 Å². The number of anilines is 1. The third-order valence-electron chi connectivity index (χ3n) is 5.84. The number of nitrogens with two attached hydrogens (primary N) is 5.